The molecule has 1 unspecified atom stereocenters. The summed E-state index contributed by atoms with van der Waals surface area (Å²) in [5, 5.41) is 0. The van der Waals surface area contributed by atoms with Crippen LogP contribution >= 0.6 is 0 Å². The van der Waals surface area contributed by atoms with E-state index in [0.717, 1.165) is 6.42 Å². The van der Waals surface area contributed by atoms with Crippen molar-refractivity contribution < 1.29 is 14.3 Å². The Balaban J connectivity index is 2.55. The number of hydrogen-bond donors (Lipinski definition) is 1. The molecule has 1 aliphatic rings. The van der Waals surface area contributed by atoms with Crippen LogP contribution in [0.4, 0.5) is 4.79 Å². The molecular weight excluding hydrogens is 246 g/mol. The van der Waals surface area contributed by atoms with Crippen LogP contribution in [-0.2, 0) is 9.53 Å². The SMILES string of the molecule is C[C@H](N)C(=O)N1CCC(N(C)C(=O)OC(C)(C)C)C1. The highest BCUT2D eigenvalue weighted by Crippen LogP contribution is 2.18. The van der Waals surface area contributed by atoms with Gasteiger partial charge in [0.05, 0.1) is 12.1 Å². The summed E-state index contributed by atoms with van der Waals surface area (Å²) in [4.78, 5) is 27.0. The normalized spacial score (nSPS) is 21.2. The average Bonchev–Trinajstić information content (AvgIpc) is 2.73. The Labute approximate surface area is 114 Å². The fourth-order valence-electron chi connectivity index (χ4n) is 2.03. The zero-order valence-electron chi connectivity index (χ0n) is 12.5. The maximum Gasteiger partial charge on any atom is 0.410 e. The molecule has 0 aromatic heterocycles. The van der Waals surface area contributed by atoms with E-state index in [1.165, 1.54) is 0 Å². The molecule has 0 spiro atoms. The number of nitrogens with zero attached hydrogens (tertiary/aromatic N) is 2. The molecule has 6 nitrogen and oxygen atoms in total. The molecular formula is C13H25N3O3. The molecule has 0 radical (unpaired) electrons. The molecule has 1 rings (SSSR count). The van der Waals surface area contributed by atoms with E-state index in [0.29, 0.717) is 13.1 Å². The molecule has 0 aromatic carbocycles. The summed E-state index contributed by atoms with van der Waals surface area (Å²) in [6.07, 6.45) is 0.404. The molecule has 0 bridgehead atoms. The van der Waals surface area contributed by atoms with Crippen LogP contribution in [0.3, 0.4) is 0 Å². The maximum atomic E-state index is 11.9. The van der Waals surface area contributed by atoms with Crippen molar-refractivity contribution in [3.05, 3.63) is 0 Å². The molecule has 6 heteroatoms. The summed E-state index contributed by atoms with van der Waals surface area (Å²) >= 11 is 0. The van der Waals surface area contributed by atoms with Gasteiger partial charge in [-0.2, -0.15) is 0 Å². The van der Waals surface area contributed by atoms with Crippen molar-refractivity contribution in [2.75, 3.05) is 20.1 Å². The minimum absolute atomic E-state index is 0.00227. The first-order chi connectivity index (χ1) is 8.61. The van der Waals surface area contributed by atoms with Crippen LogP contribution in [0.5, 0.6) is 0 Å². The van der Waals surface area contributed by atoms with Gasteiger partial charge in [0.1, 0.15) is 5.60 Å². The number of amides is 2. The standard InChI is InChI=1S/C13H25N3O3/c1-9(14)11(17)16-7-6-10(8-16)15(5)12(18)19-13(2,3)4/h9-10H,6-8,14H2,1-5H3/t9-,10?/m0/s1. The van der Waals surface area contributed by atoms with Gasteiger partial charge in [-0.1, -0.05) is 0 Å². The van der Waals surface area contributed by atoms with E-state index in [2.05, 4.69) is 0 Å². The number of likely N-dealkylation sites (tertiary alicyclic amines) is 1. The topological polar surface area (TPSA) is 75.9 Å². The lowest BCUT2D eigenvalue weighted by Gasteiger charge is -2.28. The highest BCUT2D eigenvalue weighted by molar-refractivity contribution is 5.81. The number of rotatable bonds is 2. The predicted octanol–water partition coefficient (Wildman–Crippen LogP) is 0.801. The van der Waals surface area contributed by atoms with Crippen molar-refractivity contribution in [1.82, 2.24) is 9.80 Å². The largest absolute Gasteiger partial charge is 0.444 e. The summed E-state index contributed by atoms with van der Waals surface area (Å²) in [5.74, 6) is -0.0694. The Morgan fingerprint density at radius 3 is 2.47 bits per heavy atom. The third kappa shape index (κ3) is 4.38. The van der Waals surface area contributed by atoms with Gasteiger partial charge in [-0.25, -0.2) is 4.79 Å². The molecule has 2 N–H and O–H groups in total. The van der Waals surface area contributed by atoms with Crippen LogP contribution in [0, 0.1) is 0 Å². The number of hydrogen-bond acceptors (Lipinski definition) is 4. The Hall–Kier alpha value is -1.30. The van der Waals surface area contributed by atoms with Crippen LogP contribution in [0.1, 0.15) is 34.1 Å². The van der Waals surface area contributed by atoms with Crippen molar-refractivity contribution in [2.24, 2.45) is 5.73 Å². The molecule has 2 amide bonds. The lowest BCUT2D eigenvalue weighted by atomic mass is 10.2. The van der Waals surface area contributed by atoms with Gasteiger partial charge in [0.25, 0.3) is 0 Å². The van der Waals surface area contributed by atoms with E-state index in [1.54, 1.807) is 23.8 Å². The molecule has 1 heterocycles. The Kier molecular flexibility index (Phi) is 4.79. The van der Waals surface area contributed by atoms with E-state index in [-0.39, 0.29) is 18.0 Å². The monoisotopic (exact) mass is 271 g/mol. The number of likely N-dealkylation sites (N-methyl/N-ethyl adjacent to an activating group) is 1. The summed E-state index contributed by atoms with van der Waals surface area (Å²) in [6.45, 7) is 8.33. The molecule has 1 fully saturated rings. The number of carbonyl (C=O) groups is 2. The second kappa shape index (κ2) is 5.77. The van der Waals surface area contributed by atoms with Gasteiger partial charge in [0.15, 0.2) is 0 Å². The quantitative estimate of drug-likeness (QED) is 0.806. The summed E-state index contributed by atoms with van der Waals surface area (Å²) in [6, 6.07) is -0.497. The van der Waals surface area contributed by atoms with Gasteiger partial charge >= 0.3 is 6.09 Å². The lowest BCUT2D eigenvalue weighted by Crippen LogP contribution is -2.45. The maximum absolute atomic E-state index is 11.9. The smallest absolute Gasteiger partial charge is 0.410 e. The van der Waals surface area contributed by atoms with Gasteiger partial charge in [-0.15, -0.1) is 0 Å². The molecule has 0 saturated carbocycles. The van der Waals surface area contributed by atoms with Crippen LogP contribution in [0.25, 0.3) is 0 Å². The highest BCUT2D eigenvalue weighted by Gasteiger charge is 2.33. The Morgan fingerprint density at radius 2 is 2.00 bits per heavy atom. The van der Waals surface area contributed by atoms with Crippen molar-refractivity contribution in [3.8, 4) is 0 Å². The van der Waals surface area contributed by atoms with Crippen LogP contribution in [-0.4, -0.2) is 59.6 Å². The minimum atomic E-state index is -0.509. The van der Waals surface area contributed by atoms with Gasteiger partial charge in [-0.05, 0) is 34.1 Å². The minimum Gasteiger partial charge on any atom is -0.444 e. The van der Waals surface area contributed by atoms with Crippen molar-refractivity contribution >= 4 is 12.0 Å². The second-order valence-corrected chi connectivity index (χ2v) is 6.11. The van der Waals surface area contributed by atoms with Crippen molar-refractivity contribution in [3.63, 3.8) is 0 Å². The second-order valence-electron chi connectivity index (χ2n) is 6.11. The molecule has 2 atom stereocenters. The molecule has 1 aliphatic heterocycles. The first-order valence-electron chi connectivity index (χ1n) is 6.62. The third-order valence-electron chi connectivity index (χ3n) is 3.09. The number of nitrogens with two attached hydrogens (primary N) is 1. The number of carbonyl (C=O) groups excluding carboxylic acids is 2. The predicted molar refractivity (Wildman–Crippen MR) is 72.6 cm³/mol. The fourth-order valence-corrected chi connectivity index (χ4v) is 2.03. The Morgan fingerprint density at radius 1 is 1.42 bits per heavy atom. The van der Waals surface area contributed by atoms with E-state index in [9.17, 15) is 9.59 Å². The molecule has 0 aromatic rings. The highest BCUT2D eigenvalue weighted by atomic mass is 16.6. The summed E-state index contributed by atoms with van der Waals surface area (Å²) in [7, 11) is 1.71. The van der Waals surface area contributed by atoms with Gasteiger partial charge in [-0.3, -0.25) is 4.79 Å². The zero-order valence-corrected chi connectivity index (χ0v) is 12.5. The summed E-state index contributed by atoms with van der Waals surface area (Å²) in [5.41, 5.74) is 5.08. The van der Waals surface area contributed by atoms with E-state index in [4.69, 9.17) is 10.5 Å². The fraction of sp³-hybridized carbons (Fsp3) is 0.846. The van der Waals surface area contributed by atoms with Crippen molar-refractivity contribution in [1.29, 1.82) is 0 Å². The van der Waals surface area contributed by atoms with Gasteiger partial charge < -0.3 is 20.3 Å². The van der Waals surface area contributed by atoms with Gasteiger partial charge in [0.2, 0.25) is 5.91 Å². The van der Waals surface area contributed by atoms with Crippen LogP contribution < -0.4 is 5.73 Å². The first-order valence-corrected chi connectivity index (χ1v) is 6.62. The van der Waals surface area contributed by atoms with Gasteiger partial charge in [0, 0.05) is 20.1 Å². The van der Waals surface area contributed by atoms with E-state index < -0.39 is 11.6 Å². The Bertz CT molecular complexity index is 350. The lowest BCUT2D eigenvalue weighted by molar-refractivity contribution is -0.131. The molecule has 19 heavy (non-hydrogen) atoms. The molecule has 110 valence electrons. The third-order valence-corrected chi connectivity index (χ3v) is 3.09. The molecule has 0 aliphatic carbocycles. The van der Waals surface area contributed by atoms with Crippen LogP contribution in [0.2, 0.25) is 0 Å². The molecule has 1 saturated heterocycles. The summed E-state index contributed by atoms with van der Waals surface area (Å²) < 4.78 is 5.31. The van der Waals surface area contributed by atoms with Crippen molar-refractivity contribution in [2.45, 2.75) is 51.8 Å². The number of ether oxygens (including phenoxy) is 1. The average molecular weight is 271 g/mol. The zero-order chi connectivity index (χ0) is 14.8. The first kappa shape index (κ1) is 15.8. The van der Waals surface area contributed by atoms with Crippen LogP contribution in [0.15, 0.2) is 0 Å². The van der Waals surface area contributed by atoms with E-state index >= 15 is 0 Å². The van der Waals surface area contributed by atoms with E-state index in [1.807, 2.05) is 20.8 Å².